The highest BCUT2D eigenvalue weighted by Crippen LogP contribution is 2.26. The third-order valence-electron chi connectivity index (χ3n) is 3.02. The molecule has 1 aliphatic heterocycles. The summed E-state index contributed by atoms with van der Waals surface area (Å²) in [5, 5.41) is 8.78. The third kappa shape index (κ3) is 2.94. The van der Waals surface area contributed by atoms with E-state index in [4.69, 9.17) is 10.00 Å². The molecule has 1 aromatic carbocycles. The summed E-state index contributed by atoms with van der Waals surface area (Å²) in [5.41, 5.74) is 1.53. The maximum atomic E-state index is 12.2. The molecule has 0 saturated heterocycles. The summed E-state index contributed by atoms with van der Waals surface area (Å²) in [7, 11) is 1.71. The molecular formula is C15H16N2O2. The number of rotatable bonds is 3. The van der Waals surface area contributed by atoms with Crippen molar-refractivity contribution in [3.8, 4) is 11.8 Å². The minimum Gasteiger partial charge on any atom is -0.488 e. The molecule has 1 heterocycles. The van der Waals surface area contributed by atoms with E-state index in [-0.39, 0.29) is 18.4 Å². The van der Waals surface area contributed by atoms with Gasteiger partial charge in [-0.05, 0) is 19.1 Å². The lowest BCUT2D eigenvalue weighted by atomic mass is 10.1. The molecular weight excluding hydrogens is 240 g/mol. The highest BCUT2D eigenvalue weighted by Gasteiger charge is 2.20. The number of hydrogen-bond donors (Lipinski definition) is 0. The van der Waals surface area contributed by atoms with E-state index in [0.29, 0.717) is 12.1 Å². The average Bonchev–Trinajstić information content (AvgIpc) is 2.45. The number of ether oxygens (including phenoxy) is 1. The van der Waals surface area contributed by atoms with Gasteiger partial charge in [0.2, 0.25) is 0 Å². The lowest BCUT2D eigenvalue weighted by Crippen LogP contribution is -2.33. The van der Waals surface area contributed by atoms with Gasteiger partial charge in [-0.3, -0.25) is 4.79 Å². The summed E-state index contributed by atoms with van der Waals surface area (Å²) in [6.45, 7) is 2.50. The number of nitrogens with zero attached hydrogens (tertiary/aromatic N) is 2. The molecule has 1 atom stereocenters. The van der Waals surface area contributed by atoms with Gasteiger partial charge in [0.25, 0.3) is 5.91 Å². The Bertz CT molecular complexity index is 558. The maximum Gasteiger partial charge on any atom is 0.253 e. The number of carbonyl (C=O) groups is 1. The van der Waals surface area contributed by atoms with E-state index < -0.39 is 0 Å². The molecule has 1 amide bonds. The summed E-state index contributed by atoms with van der Waals surface area (Å²) in [6.07, 6.45) is 1.86. The van der Waals surface area contributed by atoms with Gasteiger partial charge in [0.05, 0.1) is 17.6 Å². The van der Waals surface area contributed by atoms with Crippen LogP contribution in [-0.2, 0) is 4.79 Å². The van der Waals surface area contributed by atoms with Gasteiger partial charge >= 0.3 is 0 Å². The highest BCUT2D eigenvalue weighted by atomic mass is 16.5. The van der Waals surface area contributed by atoms with Gasteiger partial charge in [-0.25, -0.2) is 0 Å². The van der Waals surface area contributed by atoms with Crippen molar-refractivity contribution in [2.24, 2.45) is 5.92 Å². The van der Waals surface area contributed by atoms with E-state index in [9.17, 15) is 4.79 Å². The minimum atomic E-state index is -0.175. The van der Waals surface area contributed by atoms with Crippen molar-refractivity contribution in [3.05, 3.63) is 35.4 Å². The first-order valence-electron chi connectivity index (χ1n) is 6.19. The number of likely N-dealkylation sites (N-methyl/N-ethyl adjacent to an activating group) is 1. The summed E-state index contributed by atoms with van der Waals surface area (Å²) in [6, 6.07) is 9.74. The zero-order chi connectivity index (χ0) is 13.8. The summed E-state index contributed by atoms with van der Waals surface area (Å²) in [5.74, 6) is 0.537. The summed E-state index contributed by atoms with van der Waals surface area (Å²) in [4.78, 5) is 13.8. The maximum absolute atomic E-state index is 12.2. The molecule has 0 aliphatic carbocycles. The standard InChI is InChI=1S/C15H16N2O2/c1-11(8-16)9-17(2)15(18)13-7-12-5-3-4-6-14(12)19-10-13/h3-7,11H,9-10H2,1-2H3/t11-/m1/s1. The van der Waals surface area contributed by atoms with Crippen LogP contribution in [0.3, 0.4) is 0 Å². The van der Waals surface area contributed by atoms with Crippen LogP contribution in [0.4, 0.5) is 0 Å². The first-order chi connectivity index (χ1) is 9.11. The first-order valence-corrected chi connectivity index (χ1v) is 6.19. The Hall–Kier alpha value is -2.28. The summed E-state index contributed by atoms with van der Waals surface area (Å²) < 4.78 is 5.56. The van der Waals surface area contributed by atoms with Crippen LogP contribution in [0.1, 0.15) is 12.5 Å². The monoisotopic (exact) mass is 256 g/mol. The number of fused-ring (bicyclic) bond motifs is 1. The Labute approximate surface area is 112 Å². The predicted molar refractivity (Wildman–Crippen MR) is 72.3 cm³/mol. The Kier molecular flexibility index (Phi) is 3.86. The molecule has 4 nitrogen and oxygen atoms in total. The Balaban J connectivity index is 2.13. The van der Waals surface area contributed by atoms with Crippen LogP contribution >= 0.6 is 0 Å². The number of hydrogen-bond acceptors (Lipinski definition) is 3. The van der Waals surface area contributed by atoms with Crippen molar-refractivity contribution < 1.29 is 9.53 Å². The summed E-state index contributed by atoms with van der Waals surface area (Å²) >= 11 is 0. The second kappa shape index (κ2) is 5.57. The normalized spacial score (nSPS) is 14.5. The Morgan fingerprint density at radius 3 is 3.00 bits per heavy atom. The smallest absolute Gasteiger partial charge is 0.253 e. The molecule has 0 unspecified atom stereocenters. The Morgan fingerprint density at radius 2 is 2.26 bits per heavy atom. The lowest BCUT2D eigenvalue weighted by Gasteiger charge is -2.23. The van der Waals surface area contributed by atoms with Crippen molar-refractivity contribution in [3.63, 3.8) is 0 Å². The molecule has 0 aromatic heterocycles. The number of carbonyl (C=O) groups excluding carboxylic acids is 1. The minimum absolute atomic E-state index is 0.0865. The molecule has 0 fully saturated rings. The highest BCUT2D eigenvalue weighted by molar-refractivity contribution is 5.99. The fraction of sp³-hybridized carbons (Fsp3) is 0.333. The van der Waals surface area contributed by atoms with Crippen LogP contribution in [0.5, 0.6) is 5.75 Å². The number of benzene rings is 1. The van der Waals surface area contributed by atoms with E-state index in [0.717, 1.165) is 11.3 Å². The molecule has 0 spiro atoms. The van der Waals surface area contributed by atoms with Crippen molar-refractivity contribution in [2.45, 2.75) is 6.92 Å². The molecule has 1 aliphatic rings. The van der Waals surface area contributed by atoms with Gasteiger partial charge in [0, 0.05) is 19.2 Å². The van der Waals surface area contributed by atoms with Crippen LogP contribution in [0, 0.1) is 17.2 Å². The Morgan fingerprint density at radius 1 is 1.53 bits per heavy atom. The SMILES string of the molecule is C[C@H](C#N)CN(C)C(=O)C1=Cc2ccccc2OC1. The van der Waals surface area contributed by atoms with Gasteiger partial charge in [-0.1, -0.05) is 18.2 Å². The molecule has 0 radical (unpaired) electrons. The van der Waals surface area contributed by atoms with E-state index in [2.05, 4.69) is 6.07 Å². The second-order valence-corrected chi connectivity index (χ2v) is 4.71. The van der Waals surface area contributed by atoms with Crippen molar-refractivity contribution in [1.82, 2.24) is 4.90 Å². The first kappa shape index (κ1) is 13.2. The van der Waals surface area contributed by atoms with Gasteiger partial charge < -0.3 is 9.64 Å². The van der Waals surface area contributed by atoms with Gasteiger partial charge in [0.15, 0.2) is 0 Å². The van der Waals surface area contributed by atoms with Crippen molar-refractivity contribution in [2.75, 3.05) is 20.2 Å². The fourth-order valence-electron chi connectivity index (χ4n) is 2.02. The quantitative estimate of drug-likeness (QED) is 0.832. The molecule has 19 heavy (non-hydrogen) atoms. The molecule has 0 N–H and O–H groups in total. The van der Waals surface area contributed by atoms with Crippen LogP contribution in [0.25, 0.3) is 6.08 Å². The van der Waals surface area contributed by atoms with E-state index in [1.807, 2.05) is 30.3 Å². The van der Waals surface area contributed by atoms with Crippen LogP contribution in [0.2, 0.25) is 0 Å². The predicted octanol–water partition coefficient (Wildman–Crippen LogP) is 2.08. The largest absolute Gasteiger partial charge is 0.488 e. The fourth-order valence-corrected chi connectivity index (χ4v) is 2.02. The van der Waals surface area contributed by atoms with E-state index >= 15 is 0 Å². The number of para-hydroxylation sites is 1. The topological polar surface area (TPSA) is 53.3 Å². The zero-order valence-electron chi connectivity index (χ0n) is 11.1. The van der Waals surface area contributed by atoms with Crippen molar-refractivity contribution in [1.29, 1.82) is 5.26 Å². The van der Waals surface area contributed by atoms with Crippen LogP contribution in [0.15, 0.2) is 29.8 Å². The third-order valence-corrected chi connectivity index (χ3v) is 3.02. The van der Waals surface area contributed by atoms with E-state index in [1.54, 1.807) is 18.9 Å². The molecule has 0 bridgehead atoms. The van der Waals surface area contributed by atoms with Gasteiger partial charge in [0.1, 0.15) is 12.4 Å². The number of nitriles is 1. The zero-order valence-corrected chi connectivity index (χ0v) is 11.1. The van der Waals surface area contributed by atoms with Gasteiger partial charge in [-0.15, -0.1) is 0 Å². The van der Waals surface area contributed by atoms with Crippen LogP contribution in [-0.4, -0.2) is 31.0 Å². The average molecular weight is 256 g/mol. The molecule has 4 heteroatoms. The van der Waals surface area contributed by atoms with Crippen molar-refractivity contribution >= 4 is 12.0 Å². The molecule has 0 saturated carbocycles. The number of amides is 1. The van der Waals surface area contributed by atoms with E-state index in [1.165, 1.54) is 0 Å². The molecule has 2 rings (SSSR count). The second-order valence-electron chi connectivity index (χ2n) is 4.71. The molecule has 98 valence electrons. The molecule has 1 aromatic rings. The van der Waals surface area contributed by atoms with Crippen LogP contribution < -0.4 is 4.74 Å². The van der Waals surface area contributed by atoms with Gasteiger partial charge in [-0.2, -0.15) is 5.26 Å². The lowest BCUT2D eigenvalue weighted by molar-refractivity contribution is -0.126.